The van der Waals surface area contributed by atoms with Gasteiger partial charge in [0.1, 0.15) is 5.82 Å². The van der Waals surface area contributed by atoms with Crippen LogP contribution >= 0.6 is 34.8 Å². The van der Waals surface area contributed by atoms with Gasteiger partial charge in [0, 0.05) is 28.9 Å². The van der Waals surface area contributed by atoms with Crippen LogP contribution in [-0.4, -0.2) is 15.4 Å². The summed E-state index contributed by atoms with van der Waals surface area (Å²) in [5, 5.41) is 1.44. The molecule has 5 heteroatoms. The average molecular weight is 340 g/mol. The third-order valence-electron chi connectivity index (χ3n) is 3.36. The Hall–Kier alpha value is -1.22. The molecule has 1 aromatic heterocycles. The number of aryl methyl sites for hydroxylation is 1. The molecule has 0 saturated heterocycles. The summed E-state index contributed by atoms with van der Waals surface area (Å²) in [6.45, 7) is 0.722. The van der Waals surface area contributed by atoms with E-state index in [2.05, 4.69) is 9.55 Å². The molecule has 0 aliphatic heterocycles. The first-order valence-corrected chi connectivity index (χ1v) is 7.91. The maximum atomic E-state index is 6.12. The van der Waals surface area contributed by atoms with Crippen LogP contribution in [0.2, 0.25) is 10.0 Å². The lowest BCUT2D eigenvalue weighted by Gasteiger charge is -2.09. The van der Waals surface area contributed by atoms with Gasteiger partial charge in [0.15, 0.2) is 0 Å². The van der Waals surface area contributed by atoms with Crippen LogP contribution in [-0.2, 0) is 13.0 Å². The van der Waals surface area contributed by atoms with Crippen molar-refractivity contribution in [2.24, 2.45) is 0 Å². The van der Waals surface area contributed by atoms with Crippen LogP contribution in [0.4, 0.5) is 0 Å². The van der Waals surface area contributed by atoms with Gasteiger partial charge in [-0.1, -0.05) is 35.3 Å². The highest BCUT2D eigenvalue weighted by Crippen LogP contribution is 2.23. The van der Waals surface area contributed by atoms with Crippen molar-refractivity contribution in [3.05, 3.63) is 63.9 Å². The predicted octanol–water partition coefficient (Wildman–Crippen LogP) is 5.17. The Labute approximate surface area is 138 Å². The van der Waals surface area contributed by atoms with Crippen molar-refractivity contribution in [2.45, 2.75) is 13.0 Å². The van der Waals surface area contributed by atoms with Gasteiger partial charge in [-0.05, 0) is 35.9 Å². The second-order valence-corrected chi connectivity index (χ2v) is 6.06. The minimum absolute atomic E-state index is 0.539. The van der Waals surface area contributed by atoms with E-state index in [9.17, 15) is 0 Å². The van der Waals surface area contributed by atoms with Gasteiger partial charge in [-0.25, -0.2) is 4.98 Å². The monoisotopic (exact) mass is 338 g/mol. The van der Waals surface area contributed by atoms with Crippen LogP contribution in [0.3, 0.4) is 0 Å². The van der Waals surface area contributed by atoms with E-state index in [1.807, 2.05) is 42.5 Å². The van der Waals surface area contributed by atoms with Crippen LogP contribution in [0.15, 0.2) is 42.5 Å². The highest BCUT2D eigenvalue weighted by molar-refractivity contribution is 6.31. The van der Waals surface area contributed by atoms with Crippen molar-refractivity contribution in [3.63, 3.8) is 0 Å². The Balaban J connectivity index is 2.07. The summed E-state index contributed by atoms with van der Waals surface area (Å²) >= 11 is 17.9. The molecule has 0 aliphatic rings. The minimum Gasteiger partial charge on any atom is -0.323 e. The van der Waals surface area contributed by atoms with E-state index >= 15 is 0 Å². The number of aromatic nitrogens is 2. The minimum atomic E-state index is 0.539. The maximum Gasteiger partial charge on any atom is 0.111 e. The fourth-order valence-corrected chi connectivity index (χ4v) is 2.83. The van der Waals surface area contributed by atoms with E-state index in [1.165, 1.54) is 0 Å². The molecule has 108 valence electrons. The summed E-state index contributed by atoms with van der Waals surface area (Å²) < 4.78 is 2.16. The third-order valence-corrected chi connectivity index (χ3v) is 4.04. The largest absolute Gasteiger partial charge is 0.323 e. The smallest absolute Gasteiger partial charge is 0.111 e. The van der Waals surface area contributed by atoms with Gasteiger partial charge in [0.25, 0.3) is 0 Å². The number of benzene rings is 2. The van der Waals surface area contributed by atoms with Crippen molar-refractivity contribution in [2.75, 3.05) is 5.88 Å². The maximum absolute atomic E-state index is 6.12. The fraction of sp³-hybridized carbons (Fsp3) is 0.188. The van der Waals surface area contributed by atoms with Gasteiger partial charge in [0.05, 0.1) is 11.0 Å². The van der Waals surface area contributed by atoms with Crippen LogP contribution in [0.25, 0.3) is 11.0 Å². The van der Waals surface area contributed by atoms with Crippen molar-refractivity contribution in [1.82, 2.24) is 9.55 Å². The van der Waals surface area contributed by atoms with E-state index in [-0.39, 0.29) is 0 Å². The molecule has 21 heavy (non-hydrogen) atoms. The number of alkyl halides is 1. The molecule has 0 spiro atoms. The standard InChI is InChI=1S/C16H13Cl3N2/c17-8-7-16-20-14-6-5-13(19)9-15(14)21(16)10-11-1-3-12(18)4-2-11/h1-6,9H,7-8,10H2. The van der Waals surface area contributed by atoms with E-state index in [4.69, 9.17) is 34.8 Å². The zero-order valence-electron chi connectivity index (χ0n) is 11.2. The molecule has 0 radical (unpaired) electrons. The molecular weight excluding hydrogens is 327 g/mol. The molecule has 1 heterocycles. The van der Waals surface area contributed by atoms with Crippen molar-refractivity contribution in [1.29, 1.82) is 0 Å². The zero-order valence-corrected chi connectivity index (χ0v) is 13.5. The summed E-state index contributed by atoms with van der Waals surface area (Å²) in [4.78, 5) is 4.65. The lowest BCUT2D eigenvalue weighted by atomic mass is 10.2. The van der Waals surface area contributed by atoms with Gasteiger partial charge >= 0.3 is 0 Å². The highest BCUT2D eigenvalue weighted by atomic mass is 35.5. The molecule has 0 saturated carbocycles. The van der Waals surface area contributed by atoms with Gasteiger partial charge in [-0.15, -0.1) is 11.6 Å². The van der Waals surface area contributed by atoms with Gasteiger partial charge < -0.3 is 4.57 Å². The molecule has 0 unspecified atom stereocenters. The highest BCUT2D eigenvalue weighted by Gasteiger charge is 2.11. The zero-order chi connectivity index (χ0) is 14.8. The van der Waals surface area contributed by atoms with E-state index in [0.717, 1.165) is 40.4 Å². The quantitative estimate of drug-likeness (QED) is 0.599. The summed E-state index contributed by atoms with van der Waals surface area (Å²) in [5.74, 6) is 1.51. The summed E-state index contributed by atoms with van der Waals surface area (Å²) in [5.41, 5.74) is 3.13. The lowest BCUT2D eigenvalue weighted by Crippen LogP contribution is -2.06. The molecule has 0 aliphatic carbocycles. The van der Waals surface area contributed by atoms with Crippen LogP contribution in [0, 0.1) is 0 Å². The number of halogens is 3. The first-order valence-electron chi connectivity index (χ1n) is 6.62. The van der Waals surface area contributed by atoms with Crippen LogP contribution in [0.1, 0.15) is 11.4 Å². The number of nitrogens with zero attached hydrogens (tertiary/aromatic N) is 2. The first-order chi connectivity index (χ1) is 10.2. The van der Waals surface area contributed by atoms with E-state index < -0.39 is 0 Å². The number of hydrogen-bond donors (Lipinski definition) is 0. The number of hydrogen-bond acceptors (Lipinski definition) is 1. The SMILES string of the molecule is ClCCc1nc2ccc(Cl)cc2n1Cc1ccc(Cl)cc1. The number of fused-ring (bicyclic) bond motifs is 1. The molecular formula is C16H13Cl3N2. The Kier molecular flexibility index (Phi) is 4.39. The van der Waals surface area contributed by atoms with E-state index in [1.54, 1.807) is 0 Å². The van der Waals surface area contributed by atoms with E-state index in [0.29, 0.717) is 10.9 Å². The van der Waals surface area contributed by atoms with Gasteiger partial charge in [0.2, 0.25) is 0 Å². The number of rotatable bonds is 4. The molecule has 0 fully saturated rings. The molecule has 0 amide bonds. The fourth-order valence-electron chi connectivity index (χ4n) is 2.37. The third kappa shape index (κ3) is 3.18. The second kappa shape index (κ2) is 6.27. The molecule has 3 rings (SSSR count). The topological polar surface area (TPSA) is 17.8 Å². The molecule has 0 bridgehead atoms. The Morgan fingerprint density at radius 1 is 0.952 bits per heavy atom. The Morgan fingerprint density at radius 3 is 2.38 bits per heavy atom. The lowest BCUT2D eigenvalue weighted by molar-refractivity contribution is 0.755. The molecule has 2 nitrogen and oxygen atoms in total. The Bertz CT molecular complexity index is 763. The normalized spacial score (nSPS) is 11.2. The molecule has 3 aromatic rings. The van der Waals surface area contributed by atoms with Crippen LogP contribution < -0.4 is 0 Å². The average Bonchev–Trinajstić information content (AvgIpc) is 2.79. The Morgan fingerprint density at radius 2 is 1.67 bits per heavy atom. The van der Waals surface area contributed by atoms with Crippen molar-refractivity contribution < 1.29 is 0 Å². The molecule has 0 N–H and O–H groups in total. The molecule has 2 aromatic carbocycles. The van der Waals surface area contributed by atoms with Gasteiger partial charge in [-0.3, -0.25) is 0 Å². The van der Waals surface area contributed by atoms with Gasteiger partial charge in [-0.2, -0.15) is 0 Å². The second-order valence-electron chi connectivity index (χ2n) is 4.81. The summed E-state index contributed by atoms with van der Waals surface area (Å²) in [6.07, 6.45) is 0.724. The molecule has 0 atom stereocenters. The van der Waals surface area contributed by atoms with Crippen LogP contribution in [0.5, 0.6) is 0 Å². The first kappa shape index (κ1) is 14.7. The summed E-state index contributed by atoms with van der Waals surface area (Å²) in [6, 6.07) is 13.6. The summed E-state index contributed by atoms with van der Waals surface area (Å²) in [7, 11) is 0. The van der Waals surface area contributed by atoms with Crippen molar-refractivity contribution >= 4 is 45.8 Å². The van der Waals surface area contributed by atoms with Crippen molar-refractivity contribution in [3.8, 4) is 0 Å². The predicted molar refractivity (Wildman–Crippen MR) is 89.7 cm³/mol. The number of imidazole rings is 1.